The largest absolute Gasteiger partial charge is 0.496 e. The van der Waals surface area contributed by atoms with Gasteiger partial charge in [0.2, 0.25) is 5.91 Å². The maximum atomic E-state index is 14.1. The van der Waals surface area contributed by atoms with Crippen LogP contribution in [0.4, 0.5) is 0 Å². The van der Waals surface area contributed by atoms with Gasteiger partial charge in [0.15, 0.2) is 0 Å². The number of likely N-dealkylation sites (tertiary alicyclic amines) is 1. The topological polar surface area (TPSA) is 88.1 Å². The first-order valence-corrected chi connectivity index (χ1v) is 14.9. The maximum absolute atomic E-state index is 14.1. The Kier molecular flexibility index (Phi) is 9.49. The molecule has 2 aromatic rings. The number of nitrogens with zero attached hydrogens (tertiary/aromatic N) is 1. The molecule has 2 aliphatic rings. The van der Waals surface area contributed by atoms with E-state index in [1.807, 2.05) is 36.4 Å². The summed E-state index contributed by atoms with van der Waals surface area (Å²) < 4.78 is 11.4. The summed E-state index contributed by atoms with van der Waals surface area (Å²) in [4.78, 5) is 28.9. The molecule has 1 unspecified atom stereocenters. The predicted octanol–water partition coefficient (Wildman–Crippen LogP) is 5.97. The Hall–Kier alpha value is -2.90. The number of carboxylic acids is 1. The zero-order valence-corrected chi connectivity index (χ0v) is 25.8. The van der Waals surface area contributed by atoms with Crippen molar-refractivity contribution in [1.29, 1.82) is 0 Å². The number of benzene rings is 2. The van der Waals surface area contributed by atoms with Crippen LogP contribution in [0.1, 0.15) is 83.5 Å². The van der Waals surface area contributed by atoms with Crippen molar-refractivity contribution in [3.8, 4) is 5.75 Å². The van der Waals surface area contributed by atoms with Crippen LogP contribution in [0.5, 0.6) is 5.75 Å². The molecule has 0 bridgehead atoms. The second kappa shape index (κ2) is 12.5. The van der Waals surface area contributed by atoms with Gasteiger partial charge in [-0.2, -0.15) is 0 Å². The molecule has 7 nitrogen and oxygen atoms in total. The van der Waals surface area contributed by atoms with Gasteiger partial charge in [-0.15, -0.1) is 0 Å². The molecule has 0 aliphatic carbocycles. The van der Waals surface area contributed by atoms with Crippen molar-refractivity contribution >= 4 is 11.9 Å². The first kappa shape index (κ1) is 31.0. The minimum atomic E-state index is -0.962. The molecule has 4 rings (SSSR count). The van der Waals surface area contributed by atoms with Gasteiger partial charge in [0.1, 0.15) is 11.8 Å². The molecule has 5 atom stereocenters. The summed E-state index contributed by atoms with van der Waals surface area (Å²) in [5, 5.41) is 14.4. The zero-order chi connectivity index (χ0) is 29.9. The zero-order valence-electron chi connectivity index (χ0n) is 25.8. The number of aliphatic carboxylic acids is 1. The fourth-order valence-electron chi connectivity index (χ4n) is 6.70. The molecule has 2 N–H and O–H groups in total. The molecule has 0 radical (unpaired) electrons. The highest BCUT2D eigenvalue weighted by Crippen LogP contribution is 2.48. The molecule has 2 aromatic carbocycles. The van der Waals surface area contributed by atoms with E-state index in [-0.39, 0.29) is 35.6 Å². The molecule has 1 amide bonds. The summed E-state index contributed by atoms with van der Waals surface area (Å²) in [7, 11) is 1.67. The van der Waals surface area contributed by atoms with Crippen LogP contribution in [0.3, 0.4) is 0 Å². The van der Waals surface area contributed by atoms with E-state index in [4.69, 9.17) is 9.47 Å². The summed E-state index contributed by atoms with van der Waals surface area (Å²) >= 11 is 0. The van der Waals surface area contributed by atoms with Gasteiger partial charge in [-0.05, 0) is 46.8 Å². The number of hydrogen-bond acceptors (Lipinski definition) is 5. The molecular formula is C34H48N2O5. The molecule has 41 heavy (non-hydrogen) atoms. The number of carboxylic acid groups (broad SMARTS) is 1. The van der Waals surface area contributed by atoms with E-state index in [9.17, 15) is 14.7 Å². The second-order valence-electron chi connectivity index (χ2n) is 13.8. The molecule has 0 spiro atoms. The van der Waals surface area contributed by atoms with Crippen LogP contribution in [0.2, 0.25) is 0 Å². The highest BCUT2D eigenvalue weighted by atomic mass is 16.5. The summed E-state index contributed by atoms with van der Waals surface area (Å²) in [5.74, 6) is -0.532. The van der Waals surface area contributed by atoms with E-state index < -0.39 is 23.5 Å². The molecule has 2 heterocycles. The van der Waals surface area contributed by atoms with Crippen molar-refractivity contribution in [2.45, 2.75) is 90.9 Å². The summed E-state index contributed by atoms with van der Waals surface area (Å²) in [6.45, 7) is 14.5. The number of carbonyl (C=O) groups excluding carboxylic acids is 1. The Labute approximate surface area is 245 Å². The van der Waals surface area contributed by atoms with E-state index >= 15 is 0 Å². The molecule has 2 aliphatic heterocycles. The molecule has 2 fully saturated rings. The molecular weight excluding hydrogens is 516 g/mol. The van der Waals surface area contributed by atoms with Gasteiger partial charge in [-0.1, -0.05) is 84.0 Å². The van der Waals surface area contributed by atoms with Gasteiger partial charge in [-0.3, -0.25) is 4.79 Å². The fraction of sp³-hybridized carbons (Fsp3) is 0.588. The van der Waals surface area contributed by atoms with Crippen LogP contribution in [-0.2, 0) is 26.3 Å². The number of amides is 1. The number of methoxy groups -OCH3 is 1. The first-order chi connectivity index (χ1) is 19.3. The van der Waals surface area contributed by atoms with Gasteiger partial charge in [0.25, 0.3) is 0 Å². The van der Waals surface area contributed by atoms with Crippen LogP contribution in [-0.4, -0.2) is 54.3 Å². The number of rotatable bonds is 8. The Morgan fingerprint density at radius 2 is 1.78 bits per heavy atom. The SMILES string of the molecule is COc1ccc(C(C)(C)C)cc1CN[C@H]1[C@H](C(C)(C)C)[C@@H](C(=O)O)N(C(=O)CC2CCCOC2)[C@H]1c1ccccc1. The number of hydrogen-bond donors (Lipinski definition) is 2. The predicted molar refractivity (Wildman–Crippen MR) is 161 cm³/mol. The third-order valence-corrected chi connectivity index (χ3v) is 8.74. The second-order valence-corrected chi connectivity index (χ2v) is 13.8. The lowest BCUT2D eigenvalue weighted by Gasteiger charge is -2.35. The fourth-order valence-corrected chi connectivity index (χ4v) is 6.70. The number of carbonyl (C=O) groups is 2. The molecule has 7 heteroatoms. The highest BCUT2D eigenvalue weighted by molar-refractivity contribution is 5.86. The lowest BCUT2D eigenvalue weighted by Crippen LogP contribution is -2.48. The van der Waals surface area contributed by atoms with Crippen molar-refractivity contribution in [3.05, 3.63) is 65.2 Å². The third-order valence-electron chi connectivity index (χ3n) is 8.74. The third kappa shape index (κ3) is 6.95. The van der Waals surface area contributed by atoms with Crippen LogP contribution in [0, 0.1) is 17.3 Å². The maximum Gasteiger partial charge on any atom is 0.326 e. The van der Waals surface area contributed by atoms with Crippen molar-refractivity contribution in [2.75, 3.05) is 20.3 Å². The highest BCUT2D eigenvalue weighted by Gasteiger charge is 2.57. The quantitative estimate of drug-likeness (QED) is 0.411. The Morgan fingerprint density at radius 3 is 2.34 bits per heavy atom. The number of ether oxygens (including phenoxy) is 2. The van der Waals surface area contributed by atoms with Crippen LogP contribution in [0.15, 0.2) is 48.5 Å². The minimum Gasteiger partial charge on any atom is -0.496 e. The Bertz CT molecular complexity index is 1190. The average molecular weight is 565 g/mol. The molecule has 0 saturated carbocycles. The smallest absolute Gasteiger partial charge is 0.326 e. The van der Waals surface area contributed by atoms with E-state index in [1.54, 1.807) is 12.0 Å². The van der Waals surface area contributed by atoms with Crippen LogP contribution >= 0.6 is 0 Å². The van der Waals surface area contributed by atoms with E-state index in [2.05, 4.69) is 59.0 Å². The first-order valence-electron chi connectivity index (χ1n) is 14.9. The molecule has 2 saturated heterocycles. The number of nitrogens with one attached hydrogen (secondary N) is 1. The summed E-state index contributed by atoms with van der Waals surface area (Å²) in [6, 6.07) is 14.5. The lowest BCUT2D eigenvalue weighted by atomic mass is 9.72. The van der Waals surface area contributed by atoms with Crippen molar-refractivity contribution in [3.63, 3.8) is 0 Å². The summed E-state index contributed by atoms with van der Waals surface area (Å²) in [6.07, 6.45) is 2.13. The lowest BCUT2D eigenvalue weighted by molar-refractivity contribution is -0.153. The van der Waals surface area contributed by atoms with Crippen LogP contribution in [0.25, 0.3) is 0 Å². The minimum absolute atomic E-state index is 0.0324. The molecule has 0 aromatic heterocycles. The van der Waals surface area contributed by atoms with Gasteiger partial charge < -0.3 is 24.8 Å². The van der Waals surface area contributed by atoms with Crippen molar-refractivity contribution in [2.24, 2.45) is 17.3 Å². The van der Waals surface area contributed by atoms with E-state index in [0.29, 0.717) is 13.2 Å². The monoisotopic (exact) mass is 564 g/mol. The van der Waals surface area contributed by atoms with Gasteiger partial charge in [-0.25, -0.2) is 4.79 Å². The Morgan fingerprint density at radius 1 is 1.07 bits per heavy atom. The standard InChI is InChI=1S/C34H48N2O5/c1-33(2,3)25-15-16-26(40-7)24(19-25)20-35-29-28(34(4,5)6)31(32(38)39)36(30(29)23-13-9-8-10-14-23)27(37)18-22-12-11-17-41-21-22/h8-10,13-16,19,22,28-31,35H,11-12,17-18,20-21H2,1-7H3,(H,38,39)/t22?,28-,29-,30-,31-/m0/s1. The van der Waals surface area contributed by atoms with E-state index in [0.717, 1.165) is 36.3 Å². The van der Waals surface area contributed by atoms with Gasteiger partial charge in [0, 0.05) is 43.7 Å². The summed E-state index contributed by atoms with van der Waals surface area (Å²) in [5.41, 5.74) is 2.72. The average Bonchev–Trinajstić information content (AvgIpc) is 3.28. The molecule has 224 valence electrons. The normalized spacial score (nSPS) is 25.2. The van der Waals surface area contributed by atoms with Crippen molar-refractivity contribution in [1.82, 2.24) is 10.2 Å². The van der Waals surface area contributed by atoms with Gasteiger partial charge in [0.05, 0.1) is 13.2 Å². The van der Waals surface area contributed by atoms with Crippen molar-refractivity contribution < 1.29 is 24.2 Å². The Balaban J connectivity index is 1.77. The van der Waals surface area contributed by atoms with E-state index in [1.165, 1.54) is 5.56 Å². The van der Waals surface area contributed by atoms with Crippen LogP contribution < -0.4 is 10.1 Å². The van der Waals surface area contributed by atoms with Gasteiger partial charge >= 0.3 is 5.97 Å².